The highest BCUT2D eigenvalue weighted by Gasteiger charge is 2.44. The maximum Gasteiger partial charge on any atom is 0.363 e. The zero-order chi connectivity index (χ0) is 35.7. The van der Waals surface area contributed by atoms with Crippen LogP contribution in [0.4, 0.5) is 0 Å². The molecule has 2 aliphatic heterocycles. The van der Waals surface area contributed by atoms with E-state index >= 15 is 0 Å². The molecule has 2 aliphatic rings. The summed E-state index contributed by atoms with van der Waals surface area (Å²) in [7, 11) is 2.51. The standard InChI is InChI=1S/C24H42N8O15/c1-29(6-15(38)31-4-13(36)20(43)18(41)10(31)8-33)23(25)27-46-17(40)3-12(35)22(45)47-28-24(26)30(2)7-16(39)32-5-14(37)21(44)19(42)11(32)9-34/h10-14,18-21,33-37,41-44H,3-9H2,1-2H3,(H2,25,27)(H2,26,28)/t10-,11-,12?,13+,14+,18-,19-,20-,21-/m1/s1. The minimum Gasteiger partial charge on any atom is -0.394 e. The van der Waals surface area contributed by atoms with Gasteiger partial charge >= 0.3 is 11.9 Å². The maximum atomic E-state index is 12.7. The number of likely N-dealkylation sites (N-methyl/N-ethyl adjacent to an activating group) is 2. The molecule has 0 saturated carbocycles. The summed E-state index contributed by atoms with van der Waals surface area (Å²) in [5.41, 5.74) is 11.3. The molecule has 2 rings (SSSR count). The van der Waals surface area contributed by atoms with Crippen molar-refractivity contribution in [3.63, 3.8) is 0 Å². The van der Waals surface area contributed by atoms with Gasteiger partial charge in [-0.05, 0) is 10.3 Å². The van der Waals surface area contributed by atoms with Gasteiger partial charge in [0, 0.05) is 27.2 Å². The first-order chi connectivity index (χ1) is 21.9. The number of carbonyl (C=O) groups is 4. The highest BCUT2D eigenvalue weighted by molar-refractivity contribution is 5.87. The van der Waals surface area contributed by atoms with Gasteiger partial charge in [-0.1, -0.05) is 0 Å². The number of piperidine rings is 2. The molecule has 0 aromatic rings. The highest BCUT2D eigenvalue weighted by Crippen LogP contribution is 2.20. The molecule has 13 N–H and O–H groups in total. The second-order valence-corrected chi connectivity index (χ2v) is 10.9. The Balaban J connectivity index is 1.85. The summed E-state index contributed by atoms with van der Waals surface area (Å²) in [6, 6.07) is -2.43. The van der Waals surface area contributed by atoms with Crippen molar-refractivity contribution in [1.82, 2.24) is 19.6 Å². The van der Waals surface area contributed by atoms with E-state index in [1.807, 2.05) is 0 Å². The number of guanidine groups is 2. The van der Waals surface area contributed by atoms with Crippen LogP contribution in [0, 0.1) is 0 Å². The number of hydrogen-bond acceptors (Lipinski definition) is 17. The lowest BCUT2D eigenvalue weighted by Gasteiger charge is -2.43. The molecule has 0 aromatic heterocycles. The largest absolute Gasteiger partial charge is 0.394 e. The molecule has 2 amide bonds. The van der Waals surface area contributed by atoms with E-state index in [1.54, 1.807) is 0 Å². The summed E-state index contributed by atoms with van der Waals surface area (Å²) >= 11 is 0. The normalized spacial score (nSPS) is 29.2. The zero-order valence-electron chi connectivity index (χ0n) is 25.5. The van der Waals surface area contributed by atoms with Crippen molar-refractivity contribution in [2.75, 3.05) is 53.5 Å². The van der Waals surface area contributed by atoms with Crippen LogP contribution in [-0.2, 0) is 28.9 Å². The van der Waals surface area contributed by atoms with Crippen molar-refractivity contribution < 1.29 is 74.8 Å². The zero-order valence-corrected chi connectivity index (χ0v) is 25.5. The van der Waals surface area contributed by atoms with Crippen LogP contribution in [0.1, 0.15) is 6.42 Å². The number of hydrogen-bond donors (Lipinski definition) is 11. The molecule has 47 heavy (non-hydrogen) atoms. The number of likely N-dealkylation sites (tertiary alicyclic amines) is 2. The Morgan fingerprint density at radius 2 is 1.13 bits per heavy atom. The van der Waals surface area contributed by atoms with Crippen LogP contribution in [0.2, 0.25) is 0 Å². The van der Waals surface area contributed by atoms with Gasteiger partial charge in [-0.15, -0.1) is 0 Å². The van der Waals surface area contributed by atoms with Crippen LogP contribution in [0.3, 0.4) is 0 Å². The van der Waals surface area contributed by atoms with Crippen molar-refractivity contribution in [2.24, 2.45) is 21.8 Å². The van der Waals surface area contributed by atoms with Crippen molar-refractivity contribution in [3.05, 3.63) is 0 Å². The van der Waals surface area contributed by atoms with Gasteiger partial charge in [0.15, 0.2) is 6.10 Å². The first kappa shape index (κ1) is 39.2. The van der Waals surface area contributed by atoms with Gasteiger partial charge in [-0.25, -0.2) is 9.59 Å². The third-order valence-corrected chi connectivity index (χ3v) is 7.49. The number of rotatable bonds is 11. The lowest BCUT2D eigenvalue weighted by atomic mass is 9.94. The molecule has 0 aliphatic carbocycles. The summed E-state index contributed by atoms with van der Waals surface area (Å²) in [4.78, 5) is 62.3. The molecule has 2 heterocycles. The fourth-order valence-electron chi connectivity index (χ4n) is 4.57. The average molecular weight is 683 g/mol. The Bertz CT molecular complexity index is 1180. The predicted molar refractivity (Wildman–Crippen MR) is 153 cm³/mol. The molecule has 0 aromatic carbocycles. The molecule has 9 atom stereocenters. The molecular weight excluding hydrogens is 640 g/mol. The molecule has 0 spiro atoms. The Morgan fingerprint density at radius 1 is 0.745 bits per heavy atom. The van der Waals surface area contributed by atoms with E-state index in [4.69, 9.17) is 11.5 Å². The van der Waals surface area contributed by atoms with Crippen LogP contribution >= 0.6 is 0 Å². The molecule has 2 saturated heterocycles. The number of carbonyl (C=O) groups excluding carboxylic acids is 4. The smallest absolute Gasteiger partial charge is 0.363 e. The Morgan fingerprint density at radius 3 is 1.51 bits per heavy atom. The summed E-state index contributed by atoms with van der Waals surface area (Å²) in [5, 5.41) is 94.9. The van der Waals surface area contributed by atoms with Crippen molar-refractivity contribution >= 4 is 35.7 Å². The van der Waals surface area contributed by atoms with E-state index in [2.05, 4.69) is 20.0 Å². The van der Waals surface area contributed by atoms with E-state index in [-0.39, 0.29) is 0 Å². The molecule has 23 heteroatoms. The van der Waals surface area contributed by atoms with Crippen LogP contribution in [-0.4, -0.2) is 210 Å². The van der Waals surface area contributed by atoms with E-state index in [1.165, 1.54) is 14.1 Å². The van der Waals surface area contributed by atoms with Crippen LogP contribution in [0.25, 0.3) is 0 Å². The summed E-state index contributed by atoms with van der Waals surface area (Å²) in [6.07, 6.45) is -12.5. The van der Waals surface area contributed by atoms with Crippen molar-refractivity contribution in [1.29, 1.82) is 0 Å². The number of β-amino-alcohol motifs (C(OH)–C–C–N with tert-alkyl or cyclic N) is 2. The second kappa shape index (κ2) is 17.3. The predicted octanol–water partition coefficient (Wildman–Crippen LogP) is -9.28. The minimum atomic E-state index is -2.13. The van der Waals surface area contributed by atoms with E-state index in [0.29, 0.717) is 0 Å². The van der Waals surface area contributed by atoms with Gasteiger partial charge in [-0.2, -0.15) is 0 Å². The lowest BCUT2D eigenvalue weighted by molar-refractivity contribution is -0.166. The second-order valence-electron chi connectivity index (χ2n) is 10.9. The summed E-state index contributed by atoms with van der Waals surface area (Å²) in [6.45, 7) is -3.30. The van der Waals surface area contributed by atoms with Crippen molar-refractivity contribution in [2.45, 2.75) is 61.2 Å². The molecule has 23 nitrogen and oxygen atoms in total. The average Bonchev–Trinajstić information content (AvgIpc) is 3.02. The fourth-order valence-corrected chi connectivity index (χ4v) is 4.57. The highest BCUT2D eigenvalue weighted by atomic mass is 16.7. The maximum absolute atomic E-state index is 12.7. The van der Waals surface area contributed by atoms with Gasteiger partial charge in [0.05, 0.1) is 44.8 Å². The number of aliphatic hydroxyl groups excluding tert-OH is 9. The molecule has 0 radical (unpaired) electrons. The topological polar surface area (TPSA) is 359 Å². The Kier molecular flexibility index (Phi) is 14.4. The molecule has 1 unspecified atom stereocenters. The van der Waals surface area contributed by atoms with E-state index in [9.17, 15) is 65.1 Å². The van der Waals surface area contributed by atoms with Gasteiger partial charge in [-0.3, -0.25) is 9.59 Å². The molecule has 0 bridgehead atoms. The van der Waals surface area contributed by atoms with E-state index in [0.717, 1.165) is 19.6 Å². The summed E-state index contributed by atoms with van der Waals surface area (Å²) < 4.78 is 0. The summed E-state index contributed by atoms with van der Waals surface area (Å²) in [5.74, 6) is -5.31. The Hall–Kier alpha value is -3.94. The van der Waals surface area contributed by atoms with Crippen molar-refractivity contribution in [3.8, 4) is 0 Å². The number of aliphatic hydroxyl groups is 9. The fraction of sp³-hybridized carbons (Fsp3) is 0.750. The number of nitrogens with zero attached hydrogens (tertiary/aromatic N) is 6. The quantitative estimate of drug-likeness (QED) is 0.0417. The van der Waals surface area contributed by atoms with Gasteiger partial charge in [0.25, 0.3) is 0 Å². The third-order valence-electron chi connectivity index (χ3n) is 7.49. The SMILES string of the molecule is CN(CC(=O)N1C[C@H](O)[C@@H](O)[C@H](O)[C@H]1CO)C(N)=NOC(=O)CC(O)C(=O)ON=C(N)N(C)CC(=O)N1C[C@H](O)[C@@H](O)[C@H](O)[C@H]1CO. The van der Waals surface area contributed by atoms with Gasteiger partial charge in [0.2, 0.25) is 23.7 Å². The monoisotopic (exact) mass is 682 g/mol. The molecule has 2 fully saturated rings. The molecular formula is C24H42N8O15. The first-order valence-corrected chi connectivity index (χ1v) is 14.0. The first-order valence-electron chi connectivity index (χ1n) is 14.0. The van der Waals surface area contributed by atoms with Gasteiger partial charge < -0.3 is 86.7 Å². The van der Waals surface area contributed by atoms with Crippen LogP contribution in [0.5, 0.6) is 0 Å². The van der Waals surface area contributed by atoms with Gasteiger partial charge in [0.1, 0.15) is 36.6 Å². The van der Waals surface area contributed by atoms with Crippen LogP contribution in [0.15, 0.2) is 10.3 Å². The number of amides is 2. The molecule has 268 valence electrons. The minimum absolute atomic E-state index is 0.397. The Labute approximate surface area is 267 Å². The van der Waals surface area contributed by atoms with E-state index < -0.39 is 136 Å². The number of oxime groups is 2. The van der Waals surface area contributed by atoms with Crippen LogP contribution < -0.4 is 11.5 Å². The number of nitrogens with two attached hydrogens (primary N) is 2. The third kappa shape index (κ3) is 10.0. The lowest BCUT2D eigenvalue weighted by Crippen LogP contribution is -2.65.